The summed E-state index contributed by atoms with van der Waals surface area (Å²) in [6, 6.07) is 8.13. The molecule has 1 fully saturated rings. The van der Waals surface area contributed by atoms with Crippen molar-refractivity contribution in [2.75, 3.05) is 17.7 Å². The van der Waals surface area contributed by atoms with Crippen LogP contribution in [-0.4, -0.2) is 29.0 Å². The summed E-state index contributed by atoms with van der Waals surface area (Å²) in [6.45, 7) is 2.13. The van der Waals surface area contributed by atoms with Crippen LogP contribution in [0.4, 0.5) is 15.8 Å². The van der Waals surface area contributed by atoms with Crippen LogP contribution in [0.5, 0.6) is 0 Å². The van der Waals surface area contributed by atoms with Crippen LogP contribution in [0.1, 0.15) is 74.0 Å². The van der Waals surface area contributed by atoms with Crippen LogP contribution in [0, 0.1) is 5.82 Å². The second-order valence-corrected chi connectivity index (χ2v) is 8.49. The summed E-state index contributed by atoms with van der Waals surface area (Å²) in [7, 11) is 1.71. The highest BCUT2D eigenvalue weighted by Gasteiger charge is 2.23. The number of nitrogens with one attached hydrogen (secondary N) is 3. The van der Waals surface area contributed by atoms with E-state index in [4.69, 9.17) is 4.74 Å². The largest absolute Gasteiger partial charge is 0.381 e. The maximum Gasteiger partial charge on any atom is 0.259 e. The molecule has 1 atom stereocenters. The van der Waals surface area contributed by atoms with Crippen LogP contribution >= 0.6 is 0 Å². The molecular weight excluding hydrogens is 407 g/mol. The van der Waals surface area contributed by atoms with Crippen molar-refractivity contribution >= 4 is 28.3 Å². The lowest BCUT2D eigenvalue weighted by Gasteiger charge is -2.25. The molecule has 3 N–H and O–H groups in total. The fraction of sp³-hybridized carbons (Fsp3) is 0.440. The van der Waals surface area contributed by atoms with Crippen molar-refractivity contribution in [3.63, 3.8) is 0 Å². The van der Waals surface area contributed by atoms with Gasteiger partial charge in [-0.2, -0.15) is 0 Å². The first kappa shape index (κ1) is 22.3. The molecule has 32 heavy (non-hydrogen) atoms. The lowest BCUT2D eigenvalue weighted by Crippen LogP contribution is -2.24. The number of halogens is 1. The standard InChI is InChI=1S/C25H31FN4O2/c1-3-7-22(32-2)21-14-19-23(28-17-8-5-4-6-9-17)20(15-27-24(19)30-21)25(31)29-18-12-10-16(26)11-13-18/h10-15,17,22H,3-9H2,1-2H3,(H,29,31)(H2,27,28,30). The first-order chi connectivity index (χ1) is 15.6. The molecule has 3 aromatic rings. The van der Waals surface area contributed by atoms with E-state index < -0.39 is 0 Å². The maximum absolute atomic E-state index is 13.3. The highest BCUT2D eigenvalue weighted by atomic mass is 19.1. The number of aromatic amines is 1. The molecule has 170 valence electrons. The highest BCUT2D eigenvalue weighted by molar-refractivity contribution is 6.12. The van der Waals surface area contributed by atoms with Crippen molar-refractivity contribution < 1.29 is 13.9 Å². The Kier molecular flexibility index (Phi) is 7.05. The number of nitrogens with zero attached hydrogens (tertiary/aromatic N) is 1. The molecule has 2 aromatic heterocycles. The van der Waals surface area contributed by atoms with Crippen molar-refractivity contribution in [2.24, 2.45) is 0 Å². The topological polar surface area (TPSA) is 79.0 Å². The molecule has 0 radical (unpaired) electrons. The van der Waals surface area contributed by atoms with E-state index in [0.717, 1.165) is 48.1 Å². The van der Waals surface area contributed by atoms with Crippen LogP contribution in [0.3, 0.4) is 0 Å². The number of anilines is 2. The Morgan fingerprint density at radius 3 is 2.69 bits per heavy atom. The monoisotopic (exact) mass is 438 g/mol. The molecule has 1 aromatic carbocycles. The summed E-state index contributed by atoms with van der Waals surface area (Å²) < 4.78 is 18.9. The van der Waals surface area contributed by atoms with Gasteiger partial charge in [0.1, 0.15) is 11.5 Å². The number of amides is 1. The Bertz CT molecular complexity index is 1060. The quantitative estimate of drug-likeness (QED) is 0.392. The van der Waals surface area contributed by atoms with Crippen LogP contribution in [0.2, 0.25) is 0 Å². The van der Waals surface area contributed by atoms with Gasteiger partial charge in [-0.05, 0) is 49.6 Å². The van der Waals surface area contributed by atoms with E-state index in [1.54, 1.807) is 25.4 Å². The third-order valence-electron chi connectivity index (χ3n) is 6.16. The van der Waals surface area contributed by atoms with E-state index in [1.807, 2.05) is 6.07 Å². The molecule has 0 aliphatic heterocycles. The van der Waals surface area contributed by atoms with Gasteiger partial charge in [0, 0.05) is 36.1 Å². The number of aromatic nitrogens is 2. The maximum atomic E-state index is 13.3. The fourth-order valence-electron chi connectivity index (χ4n) is 4.44. The Labute approximate surface area is 188 Å². The summed E-state index contributed by atoms with van der Waals surface area (Å²) in [4.78, 5) is 21.1. The molecule has 0 spiro atoms. The normalized spacial score (nSPS) is 15.6. The van der Waals surface area contributed by atoms with Crippen molar-refractivity contribution in [1.82, 2.24) is 9.97 Å². The Hall–Kier alpha value is -2.93. The Morgan fingerprint density at radius 2 is 2.00 bits per heavy atom. The smallest absolute Gasteiger partial charge is 0.259 e. The van der Waals surface area contributed by atoms with Gasteiger partial charge in [-0.15, -0.1) is 0 Å². The van der Waals surface area contributed by atoms with Crippen molar-refractivity contribution in [2.45, 2.75) is 64.0 Å². The lowest BCUT2D eigenvalue weighted by atomic mass is 9.95. The van der Waals surface area contributed by atoms with Gasteiger partial charge in [-0.3, -0.25) is 4.79 Å². The second-order valence-electron chi connectivity index (χ2n) is 8.49. The van der Waals surface area contributed by atoms with Crippen LogP contribution in [0.25, 0.3) is 11.0 Å². The minimum atomic E-state index is -0.342. The molecule has 0 saturated heterocycles. The predicted octanol–water partition coefficient (Wildman–Crippen LogP) is 6.19. The molecule has 0 bridgehead atoms. The summed E-state index contributed by atoms with van der Waals surface area (Å²) >= 11 is 0. The number of H-pyrrole nitrogens is 1. The number of carbonyl (C=O) groups is 1. The number of hydrogen-bond acceptors (Lipinski definition) is 4. The van der Waals surface area contributed by atoms with E-state index in [2.05, 4.69) is 27.5 Å². The second kappa shape index (κ2) is 10.1. The number of benzene rings is 1. The first-order valence-corrected chi connectivity index (χ1v) is 11.5. The van der Waals surface area contributed by atoms with Crippen molar-refractivity contribution in [1.29, 1.82) is 0 Å². The third-order valence-corrected chi connectivity index (χ3v) is 6.16. The number of hydrogen-bond donors (Lipinski definition) is 3. The van der Waals surface area contributed by atoms with E-state index in [-0.39, 0.29) is 17.8 Å². The number of ether oxygens (including phenoxy) is 1. The zero-order chi connectivity index (χ0) is 22.5. The number of carbonyl (C=O) groups excluding carboxylic acids is 1. The van der Waals surface area contributed by atoms with Gasteiger partial charge in [-0.1, -0.05) is 32.6 Å². The SMILES string of the molecule is CCCC(OC)c1cc2c(NC3CCCCC3)c(C(=O)Nc3ccc(F)cc3)cnc2[nH]1. The molecule has 1 amide bonds. The van der Waals surface area contributed by atoms with Gasteiger partial charge in [-0.25, -0.2) is 9.37 Å². The highest BCUT2D eigenvalue weighted by Crippen LogP contribution is 2.33. The van der Waals surface area contributed by atoms with E-state index in [0.29, 0.717) is 17.3 Å². The minimum absolute atomic E-state index is 0.0479. The van der Waals surface area contributed by atoms with Crippen LogP contribution in [-0.2, 0) is 4.74 Å². The summed E-state index contributed by atoms with van der Waals surface area (Å²) in [6.07, 6.45) is 9.23. The van der Waals surface area contributed by atoms with Crippen molar-refractivity contribution in [3.05, 3.63) is 53.6 Å². The third kappa shape index (κ3) is 4.93. The van der Waals surface area contributed by atoms with Crippen LogP contribution < -0.4 is 10.6 Å². The lowest BCUT2D eigenvalue weighted by molar-refractivity contribution is 0.0921. The predicted molar refractivity (Wildman–Crippen MR) is 126 cm³/mol. The fourth-order valence-corrected chi connectivity index (χ4v) is 4.44. The average molecular weight is 439 g/mol. The molecule has 1 aliphatic carbocycles. The molecule has 1 aliphatic rings. The van der Waals surface area contributed by atoms with E-state index >= 15 is 0 Å². The molecule has 6 nitrogen and oxygen atoms in total. The Balaban J connectivity index is 1.71. The zero-order valence-electron chi connectivity index (χ0n) is 18.7. The molecule has 1 saturated carbocycles. The summed E-state index contributed by atoms with van der Waals surface area (Å²) in [5.41, 5.74) is 3.49. The van der Waals surface area contributed by atoms with Gasteiger partial charge >= 0.3 is 0 Å². The number of rotatable bonds is 8. The number of methoxy groups -OCH3 is 1. The van der Waals surface area contributed by atoms with Gasteiger partial charge in [0.25, 0.3) is 5.91 Å². The van der Waals surface area contributed by atoms with Gasteiger partial charge < -0.3 is 20.4 Å². The molecule has 1 unspecified atom stereocenters. The van der Waals surface area contributed by atoms with Gasteiger partial charge in [0.15, 0.2) is 0 Å². The van der Waals surface area contributed by atoms with Gasteiger partial charge in [0.2, 0.25) is 0 Å². The first-order valence-electron chi connectivity index (χ1n) is 11.5. The van der Waals surface area contributed by atoms with Gasteiger partial charge in [0.05, 0.1) is 17.4 Å². The van der Waals surface area contributed by atoms with Crippen molar-refractivity contribution in [3.8, 4) is 0 Å². The minimum Gasteiger partial charge on any atom is -0.381 e. The number of pyridine rings is 1. The van der Waals surface area contributed by atoms with E-state index in [9.17, 15) is 9.18 Å². The Morgan fingerprint density at radius 1 is 1.25 bits per heavy atom. The van der Waals surface area contributed by atoms with Crippen LogP contribution in [0.15, 0.2) is 36.5 Å². The molecule has 2 heterocycles. The molecule has 7 heteroatoms. The average Bonchev–Trinajstić information content (AvgIpc) is 3.24. The summed E-state index contributed by atoms with van der Waals surface area (Å²) in [5.74, 6) is -0.616. The zero-order valence-corrected chi connectivity index (χ0v) is 18.7. The molecular formula is C25H31FN4O2. The van der Waals surface area contributed by atoms with E-state index in [1.165, 1.54) is 31.4 Å². The molecule has 4 rings (SSSR count). The number of fused-ring (bicyclic) bond motifs is 1. The summed E-state index contributed by atoms with van der Waals surface area (Å²) in [5, 5.41) is 7.40.